The predicted octanol–water partition coefficient (Wildman–Crippen LogP) is 19.5. The Kier molecular flexibility index (Phi) is 11.9. The lowest BCUT2D eigenvalue weighted by Crippen LogP contribution is -2.52. The first-order valence-corrected chi connectivity index (χ1v) is 29.2. The highest BCUT2D eigenvalue weighted by Gasteiger charge is 2.39. The van der Waals surface area contributed by atoms with Gasteiger partial charge in [-0.1, -0.05) is 144 Å². The van der Waals surface area contributed by atoms with Crippen LogP contribution in [0.4, 0.5) is 73.9 Å². The number of hydrogen-bond acceptors (Lipinski definition) is 12. The highest BCUT2D eigenvalue weighted by Crippen LogP contribution is 2.57. The van der Waals surface area contributed by atoms with Crippen molar-refractivity contribution in [3.63, 3.8) is 0 Å². The van der Waals surface area contributed by atoms with E-state index in [2.05, 4.69) is 278 Å². The van der Waals surface area contributed by atoms with Gasteiger partial charge in [0.15, 0.2) is 0 Å². The van der Waals surface area contributed by atoms with Crippen molar-refractivity contribution in [3.8, 4) is 0 Å². The van der Waals surface area contributed by atoms with E-state index in [9.17, 15) is 4.79 Å². The Hall–Kier alpha value is -8.91. The molecule has 11 aromatic carbocycles. The lowest BCUT2D eigenvalue weighted by atomic mass is 10.1. The number of fused-ring (bicyclic) bond motifs is 8. The van der Waals surface area contributed by atoms with E-state index < -0.39 is 0 Å². The second-order valence-corrected chi connectivity index (χ2v) is 23.4. The second kappa shape index (κ2) is 19.8. The highest BCUT2D eigenvalue weighted by molar-refractivity contribution is 8.00. The molecule has 79 heavy (non-hydrogen) atoms. The van der Waals surface area contributed by atoms with Gasteiger partial charge >= 0.3 is 0 Å². The van der Waals surface area contributed by atoms with E-state index in [1.54, 1.807) is 47.0 Å². The largest absolute Gasteiger partial charge is 0.311 e. The molecular weight excluding hydrogens is 1050 g/mol. The zero-order valence-corrected chi connectivity index (χ0v) is 45.4. The minimum atomic E-state index is 0.613. The fourth-order valence-corrected chi connectivity index (χ4v) is 15.0. The summed E-state index contributed by atoms with van der Waals surface area (Å²) >= 11 is 7.19. The van der Waals surface area contributed by atoms with Crippen LogP contribution >= 0.6 is 47.0 Å². The Bertz CT molecular complexity index is 3520. The van der Waals surface area contributed by atoms with Crippen molar-refractivity contribution in [2.24, 2.45) is 0 Å². The van der Waals surface area contributed by atoms with E-state index >= 15 is 0 Å². The molecule has 0 saturated heterocycles. The molecule has 0 aromatic heterocycles. The van der Waals surface area contributed by atoms with Crippen LogP contribution in [0.25, 0.3) is 0 Å². The van der Waals surface area contributed by atoms with Crippen molar-refractivity contribution in [2.75, 3.05) is 35.2 Å². The smallest absolute Gasteiger partial charge is 0.150 e. The molecule has 4 heterocycles. The first kappa shape index (κ1) is 47.3. The molecule has 8 nitrogen and oxygen atoms in total. The molecule has 0 radical (unpaired) electrons. The molecule has 0 unspecified atom stereocenters. The van der Waals surface area contributed by atoms with Gasteiger partial charge < -0.3 is 4.90 Å². The standard InChI is InChI=1S/C67H45N7OS4/c75-45-46-33-35-47(36-34-46)68(48-37-41-50(42-38-48)73(69-52-17-1-9-25-60(52)76-61-26-10-2-18-53(61)69)70-54-19-3-11-27-62(54)77-63-28-12-4-20-55(63)70)49-39-43-51(44-40-49)74(71-56-21-5-13-29-64(56)78-65-30-14-6-22-57(65)71)72-58-23-7-15-31-66(58)79-67-32-16-8-24-59(67)72/h1-45H. The molecule has 4 aliphatic heterocycles. The van der Waals surface area contributed by atoms with Crippen LogP contribution in [0.2, 0.25) is 0 Å². The van der Waals surface area contributed by atoms with Crippen LogP contribution in [0.1, 0.15) is 10.4 Å². The molecule has 15 rings (SSSR count). The van der Waals surface area contributed by atoms with Crippen molar-refractivity contribution in [1.82, 2.24) is 0 Å². The summed E-state index contributed by atoms with van der Waals surface area (Å²) in [7, 11) is 0. The van der Waals surface area contributed by atoms with Gasteiger partial charge in [0, 0.05) is 61.8 Å². The van der Waals surface area contributed by atoms with Crippen LogP contribution in [-0.4, -0.2) is 6.29 Å². The Morgan fingerprint density at radius 2 is 0.430 bits per heavy atom. The number of carbonyl (C=O) groups excluding carboxylic acids is 1. The van der Waals surface area contributed by atoms with Crippen molar-refractivity contribution in [3.05, 3.63) is 272 Å². The van der Waals surface area contributed by atoms with Gasteiger partial charge in [-0.3, -0.25) is 4.79 Å². The van der Waals surface area contributed by atoms with Gasteiger partial charge in [0.2, 0.25) is 0 Å². The number of rotatable bonds is 10. The molecule has 0 fully saturated rings. The summed E-state index contributed by atoms with van der Waals surface area (Å²) < 4.78 is 0. The summed E-state index contributed by atoms with van der Waals surface area (Å²) in [6.07, 6.45) is 0.899. The van der Waals surface area contributed by atoms with E-state index in [0.29, 0.717) is 5.56 Å². The van der Waals surface area contributed by atoms with Crippen LogP contribution in [0.15, 0.2) is 306 Å². The van der Waals surface area contributed by atoms with E-state index in [1.165, 1.54) is 39.2 Å². The molecule has 378 valence electrons. The number of nitrogens with zero attached hydrogens (tertiary/aromatic N) is 7. The van der Waals surface area contributed by atoms with E-state index in [4.69, 9.17) is 0 Å². The number of benzene rings is 11. The summed E-state index contributed by atoms with van der Waals surface area (Å²) in [4.78, 5) is 23.7. The Morgan fingerprint density at radius 1 is 0.241 bits per heavy atom. The molecule has 0 amide bonds. The molecular formula is C67H45N7OS4. The SMILES string of the molecule is O=Cc1ccc(N(c2ccc(N(N3c4ccccc4Sc4ccccc43)N3c4ccccc4Sc4ccccc43)cc2)c2ccc(N(N3c4ccccc4Sc4ccccc43)N3c4ccccc4Sc4ccccc43)cc2)cc1. The van der Waals surface area contributed by atoms with Crippen molar-refractivity contribution in [2.45, 2.75) is 39.2 Å². The fraction of sp³-hybridized carbons (Fsp3) is 0. The number of aldehydes is 1. The molecule has 11 aromatic rings. The molecule has 4 aliphatic rings. The van der Waals surface area contributed by atoms with Crippen molar-refractivity contribution < 1.29 is 4.79 Å². The minimum absolute atomic E-state index is 0.613. The number of anilines is 13. The van der Waals surface area contributed by atoms with Crippen LogP contribution in [0, 0.1) is 0 Å². The number of carbonyl (C=O) groups is 1. The summed E-state index contributed by atoms with van der Waals surface area (Å²) in [5, 5.41) is 14.2. The normalized spacial score (nSPS) is 13.3. The molecule has 12 heteroatoms. The maximum atomic E-state index is 12.1. The third kappa shape index (κ3) is 8.17. The average Bonchev–Trinajstić information content (AvgIpc) is 3.53. The Labute approximate surface area is 475 Å². The average molecular weight is 1090 g/mol. The fourth-order valence-electron chi connectivity index (χ4n) is 10.8. The molecule has 0 aliphatic carbocycles. The Morgan fingerprint density at radius 3 is 0.646 bits per heavy atom. The van der Waals surface area contributed by atoms with Crippen molar-refractivity contribution in [1.29, 1.82) is 0 Å². The summed E-state index contributed by atoms with van der Waals surface area (Å²) in [5.41, 5.74) is 14.0. The van der Waals surface area contributed by atoms with Crippen LogP contribution < -0.4 is 35.2 Å². The van der Waals surface area contributed by atoms with Gasteiger partial charge in [0.25, 0.3) is 0 Å². The lowest BCUT2D eigenvalue weighted by molar-refractivity contribution is 0.112. The first-order valence-electron chi connectivity index (χ1n) is 25.9. The van der Waals surface area contributed by atoms with E-state index in [1.807, 2.05) is 24.3 Å². The van der Waals surface area contributed by atoms with Gasteiger partial charge in [0.1, 0.15) is 6.29 Å². The van der Waals surface area contributed by atoms with Crippen LogP contribution in [0.5, 0.6) is 0 Å². The third-order valence-electron chi connectivity index (χ3n) is 14.4. The summed E-state index contributed by atoms with van der Waals surface area (Å²) in [5.74, 6) is 0. The van der Waals surface area contributed by atoms with Gasteiger partial charge in [-0.05, 0) is 170 Å². The quantitative estimate of drug-likeness (QED) is 0.123. The molecule has 0 saturated carbocycles. The minimum Gasteiger partial charge on any atom is -0.311 e. The van der Waals surface area contributed by atoms with E-state index in [-0.39, 0.29) is 0 Å². The molecule has 0 bridgehead atoms. The highest BCUT2D eigenvalue weighted by atomic mass is 32.2. The summed E-state index contributed by atoms with van der Waals surface area (Å²) in [6.45, 7) is 0. The molecule has 0 N–H and O–H groups in total. The third-order valence-corrected chi connectivity index (χ3v) is 18.9. The lowest BCUT2D eigenvalue weighted by Gasteiger charge is -2.49. The topological polar surface area (TPSA) is 39.8 Å². The Balaban J connectivity index is 0.891. The molecule has 0 spiro atoms. The maximum Gasteiger partial charge on any atom is 0.150 e. The van der Waals surface area contributed by atoms with Gasteiger partial charge in [-0.15, -0.1) is 0 Å². The first-order chi connectivity index (χ1) is 39.1. The van der Waals surface area contributed by atoms with Gasteiger partial charge in [-0.2, -0.15) is 10.2 Å². The van der Waals surface area contributed by atoms with Crippen LogP contribution in [0.3, 0.4) is 0 Å². The maximum absolute atomic E-state index is 12.1. The second-order valence-electron chi connectivity index (χ2n) is 19.1. The van der Waals surface area contributed by atoms with Crippen molar-refractivity contribution >= 4 is 127 Å². The zero-order valence-electron chi connectivity index (χ0n) is 42.2. The number of para-hydroxylation sites is 8. The van der Waals surface area contributed by atoms with Gasteiger partial charge in [-0.25, -0.2) is 20.0 Å². The molecule has 0 atom stereocenters. The number of hydrogen-bond donors (Lipinski definition) is 0. The zero-order chi connectivity index (χ0) is 52.4. The van der Waals surface area contributed by atoms with Crippen LogP contribution in [-0.2, 0) is 0 Å². The number of hydrazine groups is 4. The summed E-state index contributed by atoms with van der Waals surface area (Å²) in [6, 6.07) is 95.0. The predicted molar refractivity (Wildman–Crippen MR) is 328 cm³/mol. The van der Waals surface area contributed by atoms with Gasteiger partial charge in [0.05, 0.1) is 56.9 Å². The van der Waals surface area contributed by atoms with E-state index in [0.717, 1.165) is 80.2 Å². The monoisotopic (exact) mass is 1090 g/mol.